The molecule has 0 heterocycles. The van der Waals surface area contributed by atoms with Crippen molar-refractivity contribution in [3.05, 3.63) is 58.7 Å². The Kier molecular flexibility index (Phi) is 4.66. The van der Waals surface area contributed by atoms with Crippen LogP contribution in [-0.4, -0.2) is 16.8 Å². The summed E-state index contributed by atoms with van der Waals surface area (Å²) in [6, 6.07) is 9.18. The molecule has 0 saturated heterocycles. The molecule has 0 aliphatic rings. The van der Waals surface area contributed by atoms with Gasteiger partial charge in [0, 0.05) is 0 Å². The van der Waals surface area contributed by atoms with Gasteiger partial charge >= 0.3 is 20.2 Å². The van der Waals surface area contributed by atoms with Crippen LogP contribution >= 0.6 is 0 Å². The molecule has 7 heteroatoms. The first-order valence-electron chi connectivity index (χ1n) is 6.88. The molecule has 124 valence electrons. The molecule has 2 aromatic carbocycles. The summed E-state index contributed by atoms with van der Waals surface area (Å²) >= 11 is 0. The smallest absolute Gasteiger partial charge is 0.193 e. The van der Waals surface area contributed by atoms with E-state index in [-0.39, 0.29) is 9.79 Å². The molecule has 5 nitrogen and oxygen atoms in total. The highest BCUT2D eigenvalue weighted by Gasteiger charge is 2.29. The summed E-state index contributed by atoms with van der Waals surface area (Å²) in [7, 11) is -8.86. The van der Waals surface area contributed by atoms with Crippen molar-refractivity contribution in [1.29, 1.82) is 0 Å². The molecule has 0 N–H and O–H groups in total. The lowest BCUT2D eigenvalue weighted by molar-refractivity contribution is 0.461. The summed E-state index contributed by atoms with van der Waals surface area (Å²) in [6.07, 6.45) is 0. The number of aryl methyl sites for hydroxylation is 4. The maximum Gasteiger partial charge on any atom is 0.311 e. The van der Waals surface area contributed by atoms with Gasteiger partial charge in [0.25, 0.3) is 0 Å². The Hall–Kier alpha value is -1.70. The van der Waals surface area contributed by atoms with Crippen LogP contribution in [0, 0.1) is 27.7 Å². The van der Waals surface area contributed by atoms with Crippen molar-refractivity contribution >= 4 is 20.2 Å². The highest BCUT2D eigenvalue weighted by Crippen LogP contribution is 2.25. The van der Waals surface area contributed by atoms with Crippen LogP contribution in [0.2, 0.25) is 0 Å². The van der Waals surface area contributed by atoms with Crippen LogP contribution in [0.1, 0.15) is 22.3 Å². The first-order valence-corrected chi connectivity index (χ1v) is 9.70. The van der Waals surface area contributed by atoms with Gasteiger partial charge in [0.2, 0.25) is 0 Å². The Morgan fingerprint density at radius 2 is 1.00 bits per heavy atom. The average Bonchev–Trinajstić information content (AvgIpc) is 2.35. The van der Waals surface area contributed by atoms with E-state index in [0.717, 1.165) is 11.1 Å². The third kappa shape index (κ3) is 3.80. The molecule has 0 radical (unpaired) electrons. The second-order valence-corrected chi connectivity index (χ2v) is 8.75. The van der Waals surface area contributed by atoms with Crippen LogP contribution < -0.4 is 0 Å². The van der Waals surface area contributed by atoms with Crippen molar-refractivity contribution in [1.82, 2.24) is 0 Å². The van der Waals surface area contributed by atoms with Crippen LogP contribution in [0.3, 0.4) is 0 Å². The zero-order chi connectivity index (χ0) is 17.4. The standard InChI is InChI=1S/C16H18O5S2/c1-11-5-7-15(13(3)9-11)22(17,18)21-23(19,20)16-8-6-12(2)10-14(16)4/h5-10H,1-4H3. The lowest BCUT2D eigenvalue weighted by Crippen LogP contribution is -2.16. The van der Waals surface area contributed by atoms with Gasteiger partial charge in [-0.2, -0.15) is 16.8 Å². The summed E-state index contributed by atoms with van der Waals surface area (Å²) in [5, 5.41) is 0. The van der Waals surface area contributed by atoms with E-state index >= 15 is 0 Å². The van der Waals surface area contributed by atoms with Crippen LogP contribution in [0.15, 0.2) is 46.2 Å². The molecule has 0 aliphatic carbocycles. The monoisotopic (exact) mass is 354 g/mol. The summed E-state index contributed by atoms with van der Waals surface area (Å²) in [5.74, 6) is 0. The number of hydrogen-bond donors (Lipinski definition) is 0. The molecule has 2 aromatic rings. The topological polar surface area (TPSA) is 77.5 Å². The fourth-order valence-corrected chi connectivity index (χ4v) is 5.26. The van der Waals surface area contributed by atoms with Crippen molar-refractivity contribution in [3.8, 4) is 0 Å². The van der Waals surface area contributed by atoms with E-state index in [9.17, 15) is 16.8 Å². The van der Waals surface area contributed by atoms with E-state index in [4.69, 9.17) is 0 Å². The fraction of sp³-hybridized carbons (Fsp3) is 0.250. The Morgan fingerprint density at radius 1 is 0.652 bits per heavy atom. The zero-order valence-corrected chi connectivity index (χ0v) is 15.0. The predicted molar refractivity (Wildman–Crippen MR) is 87.3 cm³/mol. The van der Waals surface area contributed by atoms with Crippen LogP contribution in [-0.2, 0) is 23.9 Å². The first-order chi connectivity index (χ1) is 10.5. The lowest BCUT2D eigenvalue weighted by Gasteiger charge is -2.11. The quantitative estimate of drug-likeness (QED) is 0.843. The Balaban J connectivity index is 2.47. The molecule has 0 bridgehead atoms. The third-order valence-corrected chi connectivity index (χ3v) is 6.81. The summed E-state index contributed by atoms with van der Waals surface area (Å²) in [6.45, 7) is 6.81. The van der Waals surface area contributed by atoms with E-state index < -0.39 is 20.2 Å². The van der Waals surface area contributed by atoms with Gasteiger partial charge < -0.3 is 0 Å². The largest absolute Gasteiger partial charge is 0.311 e. The molecule has 0 aromatic heterocycles. The van der Waals surface area contributed by atoms with Gasteiger partial charge in [0.15, 0.2) is 0 Å². The maximum absolute atomic E-state index is 12.3. The van der Waals surface area contributed by atoms with Gasteiger partial charge in [-0.1, -0.05) is 35.4 Å². The van der Waals surface area contributed by atoms with Gasteiger partial charge in [-0.15, -0.1) is 3.63 Å². The summed E-state index contributed by atoms with van der Waals surface area (Å²) in [4.78, 5) is -0.312. The third-order valence-electron chi connectivity index (χ3n) is 3.38. The van der Waals surface area contributed by atoms with Crippen LogP contribution in [0.4, 0.5) is 0 Å². The SMILES string of the molecule is Cc1ccc(S(=O)(=O)OS(=O)(=O)c2ccc(C)cc2C)c(C)c1. The lowest BCUT2D eigenvalue weighted by atomic mass is 10.2. The molecule has 0 amide bonds. The van der Waals surface area contributed by atoms with E-state index in [2.05, 4.69) is 3.63 Å². The number of hydrogen-bond acceptors (Lipinski definition) is 5. The fourth-order valence-electron chi connectivity index (χ4n) is 2.35. The number of rotatable bonds is 4. The Morgan fingerprint density at radius 3 is 1.30 bits per heavy atom. The van der Waals surface area contributed by atoms with Crippen molar-refractivity contribution < 1.29 is 20.5 Å². The molecule has 0 aliphatic heterocycles. The highest BCUT2D eigenvalue weighted by molar-refractivity contribution is 8.00. The van der Waals surface area contributed by atoms with Gasteiger partial charge in [-0.05, 0) is 51.0 Å². The maximum atomic E-state index is 12.3. The van der Waals surface area contributed by atoms with E-state index in [1.165, 1.54) is 12.1 Å². The van der Waals surface area contributed by atoms with E-state index in [0.29, 0.717) is 11.1 Å². The number of benzene rings is 2. The summed E-state index contributed by atoms with van der Waals surface area (Å²) in [5.41, 5.74) is 2.61. The minimum absolute atomic E-state index is 0.156. The molecule has 23 heavy (non-hydrogen) atoms. The van der Waals surface area contributed by atoms with Gasteiger partial charge in [0.1, 0.15) is 0 Å². The second kappa shape index (κ2) is 6.07. The van der Waals surface area contributed by atoms with Gasteiger partial charge in [0.05, 0.1) is 9.79 Å². The van der Waals surface area contributed by atoms with Gasteiger partial charge in [-0.3, -0.25) is 0 Å². The molecular formula is C16H18O5S2. The van der Waals surface area contributed by atoms with Crippen molar-refractivity contribution in [2.24, 2.45) is 0 Å². The van der Waals surface area contributed by atoms with Crippen molar-refractivity contribution in [3.63, 3.8) is 0 Å². The minimum atomic E-state index is -4.43. The van der Waals surface area contributed by atoms with Crippen molar-refractivity contribution in [2.45, 2.75) is 37.5 Å². The molecule has 2 rings (SSSR count). The highest BCUT2D eigenvalue weighted by atomic mass is 32.3. The molecular weight excluding hydrogens is 336 g/mol. The summed E-state index contributed by atoms with van der Waals surface area (Å²) < 4.78 is 53.9. The van der Waals surface area contributed by atoms with Crippen LogP contribution in [0.25, 0.3) is 0 Å². The van der Waals surface area contributed by atoms with Crippen molar-refractivity contribution in [2.75, 3.05) is 0 Å². The molecule has 0 unspecified atom stereocenters. The predicted octanol–water partition coefficient (Wildman–Crippen LogP) is 3.01. The average molecular weight is 354 g/mol. The Labute approximate surface area is 137 Å². The molecule has 0 saturated carbocycles. The molecule has 0 fully saturated rings. The van der Waals surface area contributed by atoms with Gasteiger partial charge in [-0.25, -0.2) is 0 Å². The Bertz CT molecular complexity index is 878. The first kappa shape index (κ1) is 17.7. The minimum Gasteiger partial charge on any atom is -0.193 e. The molecule has 0 spiro atoms. The molecule has 0 atom stereocenters. The van der Waals surface area contributed by atoms with E-state index in [1.54, 1.807) is 38.1 Å². The zero-order valence-electron chi connectivity index (χ0n) is 13.3. The van der Waals surface area contributed by atoms with Crippen LogP contribution in [0.5, 0.6) is 0 Å². The van der Waals surface area contributed by atoms with E-state index in [1.807, 2.05) is 13.8 Å². The second-order valence-electron chi connectivity index (χ2n) is 5.51. The normalized spacial score (nSPS) is 12.3.